The number of carbonyl (C=O) groups excluding carboxylic acids is 1. The SMILES string of the molecule is CCN(CC)C(CNC(=O)CCc1nc2ccccc2c(=O)n1C1CC1)c1ccccc1. The van der Waals surface area contributed by atoms with E-state index in [0.717, 1.165) is 31.8 Å². The lowest BCUT2D eigenvalue weighted by Crippen LogP contribution is -2.38. The van der Waals surface area contributed by atoms with Gasteiger partial charge in [-0.05, 0) is 43.6 Å². The van der Waals surface area contributed by atoms with E-state index in [2.05, 4.69) is 36.2 Å². The monoisotopic (exact) mass is 432 g/mol. The Morgan fingerprint density at radius 3 is 2.47 bits per heavy atom. The van der Waals surface area contributed by atoms with Gasteiger partial charge in [-0.2, -0.15) is 0 Å². The molecule has 3 aromatic rings. The second-order valence-electron chi connectivity index (χ2n) is 8.40. The topological polar surface area (TPSA) is 67.2 Å². The number of carbonyl (C=O) groups is 1. The molecule has 1 unspecified atom stereocenters. The Balaban J connectivity index is 1.45. The number of nitrogens with zero attached hydrogens (tertiary/aromatic N) is 3. The molecule has 1 heterocycles. The highest BCUT2D eigenvalue weighted by Gasteiger charge is 2.28. The summed E-state index contributed by atoms with van der Waals surface area (Å²) >= 11 is 0. The Morgan fingerprint density at radius 1 is 1.09 bits per heavy atom. The van der Waals surface area contributed by atoms with Crippen LogP contribution < -0.4 is 10.9 Å². The maximum atomic E-state index is 13.0. The van der Waals surface area contributed by atoms with Crippen molar-refractivity contribution in [2.24, 2.45) is 0 Å². The number of aryl methyl sites for hydroxylation is 1. The van der Waals surface area contributed by atoms with E-state index in [4.69, 9.17) is 4.98 Å². The summed E-state index contributed by atoms with van der Waals surface area (Å²) in [4.78, 5) is 32.9. The van der Waals surface area contributed by atoms with Crippen LogP contribution in [0.1, 0.15) is 56.6 Å². The van der Waals surface area contributed by atoms with Gasteiger partial charge in [-0.3, -0.25) is 19.1 Å². The summed E-state index contributed by atoms with van der Waals surface area (Å²) in [6.07, 6.45) is 2.78. The summed E-state index contributed by atoms with van der Waals surface area (Å²) in [5.41, 5.74) is 1.92. The Labute approximate surface area is 189 Å². The van der Waals surface area contributed by atoms with Crippen LogP contribution in [0.2, 0.25) is 0 Å². The van der Waals surface area contributed by atoms with Crippen LogP contribution in [-0.4, -0.2) is 40.0 Å². The standard InChI is InChI=1S/C26H32N4O2/c1-3-29(4-2)23(19-10-6-5-7-11-19)18-27-25(31)17-16-24-28-22-13-9-8-12-21(22)26(32)30(24)20-14-15-20/h5-13,20,23H,3-4,14-18H2,1-2H3,(H,27,31). The molecule has 32 heavy (non-hydrogen) atoms. The number of nitrogens with one attached hydrogen (secondary N) is 1. The minimum Gasteiger partial charge on any atom is -0.354 e. The molecule has 0 radical (unpaired) electrons. The molecule has 0 saturated heterocycles. The number of amides is 1. The molecule has 168 valence electrons. The van der Waals surface area contributed by atoms with Crippen LogP contribution in [-0.2, 0) is 11.2 Å². The summed E-state index contributed by atoms with van der Waals surface area (Å²) in [5.74, 6) is 0.706. The average Bonchev–Trinajstić information content (AvgIpc) is 3.66. The first-order valence-electron chi connectivity index (χ1n) is 11.7. The highest BCUT2D eigenvalue weighted by Crippen LogP contribution is 2.34. The normalized spacial score (nSPS) is 14.6. The van der Waals surface area contributed by atoms with E-state index < -0.39 is 0 Å². The van der Waals surface area contributed by atoms with Crippen LogP contribution in [0.25, 0.3) is 10.9 Å². The van der Waals surface area contributed by atoms with Crippen molar-refractivity contribution >= 4 is 16.8 Å². The number of aromatic nitrogens is 2. The third-order valence-electron chi connectivity index (χ3n) is 6.30. The molecule has 0 aliphatic heterocycles. The van der Waals surface area contributed by atoms with Gasteiger partial charge in [0, 0.05) is 25.4 Å². The largest absolute Gasteiger partial charge is 0.354 e. The van der Waals surface area contributed by atoms with E-state index in [-0.39, 0.29) is 23.6 Å². The van der Waals surface area contributed by atoms with Gasteiger partial charge < -0.3 is 5.32 Å². The highest BCUT2D eigenvalue weighted by molar-refractivity contribution is 5.78. The average molecular weight is 433 g/mol. The molecule has 1 atom stereocenters. The smallest absolute Gasteiger partial charge is 0.261 e. The van der Waals surface area contributed by atoms with Crippen molar-refractivity contribution in [3.05, 3.63) is 76.3 Å². The molecule has 6 heteroatoms. The third kappa shape index (κ3) is 4.91. The predicted octanol–water partition coefficient (Wildman–Crippen LogP) is 3.86. The highest BCUT2D eigenvalue weighted by atomic mass is 16.1. The van der Waals surface area contributed by atoms with E-state index in [1.807, 2.05) is 47.0 Å². The number of likely N-dealkylation sites (N-methyl/N-ethyl adjacent to an activating group) is 1. The molecular formula is C26H32N4O2. The number of fused-ring (bicyclic) bond motifs is 1. The fourth-order valence-electron chi connectivity index (χ4n) is 4.40. The number of benzene rings is 2. The van der Waals surface area contributed by atoms with Crippen molar-refractivity contribution in [1.29, 1.82) is 0 Å². The van der Waals surface area contributed by atoms with Crippen molar-refractivity contribution < 1.29 is 4.79 Å². The zero-order valence-electron chi connectivity index (χ0n) is 19.0. The van der Waals surface area contributed by atoms with E-state index in [9.17, 15) is 9.59 Å². The second kappa shape index (κ2) is 10.1. The van der Waals surface area contributed by atoms with Gasteiger partial charge in [0.2, 0.25) is 5.91 Å². The van der Waals surface area contributed by atoms with Gasteiger partial charge in [-0.1, -0.05) is 56.3 Å². The van der Waals surface area contributed by atoms with Crippen LogP contribution in [0.5, 0.6) is 0 Å². The number of rotatable bonds is 10. The summed E-state index contributed by atoms with van der Waals surface area (Å²) in [6, 6.07) is 18.1. The van der Waals surface area contributed by atoms with Crippen molar-refractivity contribution in [3.8, 4) is 0 Å². The predicted molar refractivity (Wildman–Crippen MR) is 128 cm³/mol. The lowest BCUT2D eigenvalue weighted by atomic mass is 10.0. The number of hydrogen-bond acceptors (Lipinski definition) is 4. The van der Waals surface area contributed by atoms with Gasteiger partial charge in [0.15, 0.2) is 0 Å². The summed E-state index contributed by atoms with van der Waals surface area (Å²) < 4.78 is 1.82. The number of hydrogen-bond donors (Lipinski definition) is 1. The van der Waals surface area contributed by atoms with Crippen molar-refractivity contribution in [2.75, 3.05) is 19.6 Å². The first kappa shape index (κ1) is 22.2. The Morgan fingerprint density at radius 2 is 1.78 bits per heavy atom. The summed E-state index contributed by atoms with van der Waals surface area (Å²) in [5, 5.41) is 3.77. The molecule has 4 rings (SSSR count). The van der Waals surface area contributed by atoms with Crippen LogP contribution in [0, 0.1) is 0 Å². The third-order valence-corrected chi connectivity index (χ3v) is 6.30. The van der Waals surface area contributed by atoms with Gasteiger partial charge in [0.1, 0.15) is 5.82 Å². The molecule has 1 amide bonds. The molecule has 1 saturated carbocycles. The van der Waals surface area contributed by atoms with Crippen LogP contribution in [0.3, 0.4) is 0 Å². The molecule has 1 aliphatic carbocycles. The minimum absolute atomic E-state index is 0.0113. The Bertz CT molecular complexity index is 1120. The molecule has 1 fully saturated rings. The molecule has 0 bridgehead atoms. The van der Waals surface area contributed by atoms with Crippen molar-refractivity contribution in [3.63, 3.8) is 0 Å². The zero-order chi connectivity index (χ0) is 22.5. The molecule has 1 aliphatic rings. The van der Waals surface area contributed by atoms with Crippen molar-refractivity contribution in [1.82, 2.24) is 19.8 Å². The molecule has 0 spiro atoms. The summed E-state index contributed by atoms with van der Waals surface area (Å²) in [6.45, 7) is 6.68. The fraction of sp³-hybridized carbons (Fsp3) is 0.423. The summed E-state index contributed by atoms with van der Waals surface area (Å²) in [7, 11) is 0. The van der Waals surface area contributed by atoms with E-state index in [1.54, 1.807) is 0 Å². The molecular weight excluding hydrogens is 400 g/mol. The maximum absolute atomic E-state index is 13.0. The lowest BCUT2D eigenvalue weighted by molar-refractivity contribution is -0.121. The van der Waals surface area contributed by atoms with E-state index in [0.29, 0.717) is 30.3 Å². The number of para-hydroxylation sites is 1. The maximum Gasteiger partial charge on any atom is 0.261 e. The first-order valence-corrected chi connectivity index (χ1v) is 11.7. The van der Waals surface area contributed by atoms with Crippen LogP contribution in [0.15, 0.2) is 59.4 Å². The fourth-order valence-corrected chi connectivity index (χ4v) is 4.40. The molecule has 6 nitrogen and oxygen atoms in total. The Kier molecular flexibility index (Phi) is 7.00. The van der Waals surface area contributed by atoms with Gasteiger partial charge >= 0.3 is 0 Å². The zero-order valence-corrected chi connectivity index (χ0v) is 19.0. The van der Waals surface area contributed by atoms with Gasteiger partial charge in [-0.25, -0.2) is 4.98 Å². The van der Waals surface area contributed by atoms with Crippen LogP contribution in [0.4, 0.5) is 0 Å². The minimum atomic E-state index is -0.0113. The Hall–Kier alpha value is -2.99. The van der Waals surface area contributed by atoms with Crippen LogP contribution >= 0.6 is 0 Å². The van der Waals surface area contributed by atoms with E-state index >= 15 is 0 Å². The molecule has 2 aromatic carbocycles. The molecule has 1 aromatic heterocycles. The van der Waals surface area contributed by atoms with Gasteiger partial charge in [0.25, 0.3) is 5.56 Å². The van der Waals surface area contributed by atoms with Gasteiger partial charge in [0.05, 0.1) is 16.9 Å². The first-order chi connectivity index (χ1) is 15.6. The van der Waals surface area contributed by atoms with Crippen molar-refractivity contribution in [2.45, 2.75) is 51.6 Å². The van der Waals surface area contributed by atoms with E-state index in [1.165, 1.54) is 5.56 Å². The molecule has 1 N–H and O–H groups in total. The lowest BCUT2D eigenvalue weighted by Gasteiger charge is -2.30. The quantitative estimate of drug-likeness (QED) is 0.528. The second-order valence-corrected chi connectivity index (χ2v) is 8.40. The van der Waals surface area contributed by atoms with Gasteiger partial charge in [-0.15, -0.1) is 0 Å².